The lowest BCUT2D eigenvalue weighted by Gasteiger charge is -2.37. The van der Waals surface area contributed by atoms with Crippen LogP contribution in [0.1, 0.15) is 33.1 Å². The van der Waals surface area contributed by atoms with Gasteiger partial charge in [0, 0.05) is 38.8 Å². The number of carbonyl (C=O) groups excluding carboxylic acids is 1. The number of nitrogens with two attached hydrogens (primary N) is 1. The number of likely N-dealkylation sites (tertiary alicyclic amines) is 1. The Morgan fingerprint density at radius 3 is 2.71 bits per heavy atom. The number of carbonyl (C=O) groups is 1. The molecule has 1 heterocycles. The minimum absolute atomic E-state index is 0.0971. The van der Waals surface area contributed by atoms with Gasteiger partial charge in [0.05, 0.1) is 0 Å². The Kier molecular flexibility index (Phi) is 6.58. The minimum atomic E-state index is -3.67. The predicted octanol–water partition coefficient (Wildman–Crippen LogP) is 0.0808. The van der Waals surface area contributed by atoms with Crippen LogP contribution >= 0.6 is 0 Å². The molecule has 1 atom stereocenters. The van der Waals surface area contributed by atoms with Crippen LogP contribution in [0.15, 0.2) is 0 Å². The highest BCUT2D eigenvalue weighted by atomic mass is 32.2. The first-order chi connectivity index (χ1) is 9.65. The molecule has 1 saturated heterocycles. The summed E-state index contributed by atoms with van der Waals surface area (Å²) in [6.07, 6.45) is 2.44. The monoisotopic (exact) mass is 321 g/mol. The van der Waals surface area contributed by atoms with Crippen molar-refractivity contribution >= 4 is 16.1 Å². The van der Waals surface area contributed by atoms with Gasteiger partial charge in [-0.2, -0.15) is 8.42 Å². The molecule has 0 aliphatic carbocycles. The molecule has 1 aliphatic heterocycles. The zero-order chi connectivity index (χ0) is 16.1. The Balaban J connectivity index is 2.57. The second-order valence-corrected chi connectivity index (χ2v) is 7.66. The number of nitrogens with one attached hydrogen (secondary N) is 1. The van der Waals surface area contributed by atoms with E-state index < -0.39 is 15.6 Å². The lowest BCUT2D eigenvalue weighted by Crippen LogP contribution is -2.48. The Bertz CT molecular complexity index is 450. The van der Waals surface area contributed by atoms with Crippen molar-refractivity contribution in [2.75, 3.05) is 33.4 Å². The van der Waals surface area contributed by atoms with Crippen molar-refractivity contribution in [3.8, 4) is 0 Å². The van der Waals surface area contributed by atoms with Crippen molar-refractivity contribution in [2.45, 2.75) is 33.1 Å². The molecule has 0 bridgehead atoms. The van der Waals surface area contributed by atoms with E-state index in [1.54, 1.807) is 7.11 Å². The van der Waals surface area contributed by atoms with Gasteiger partial charge in [0.15, 0.2) is 0 Å². The molecule has 0 radical (unpaired) electrons. The molecule has 0 spiro atoms. The molecule has 7 nitrogen and oxygen atoms in total. The molecule has 3 N–H and O–H groups in total. The molecule has 0 aromatic heterocycles. The molecule has 8 heteroatoms. The van der Waals surface area contributed by atoms with Crippen LogP contribution in [0, 0.1) is 11.3 Å². The summed E-state index contributed by atoms with van der Waals surface area (Å²) in [5.41, 5.74) is -0.467. The molecule has 0 aromatic carbocycles. The molecule has 0 saturated carbocycles. The highest BCUT2D eigenvalue weighted by molar-refractivity contribution is 7.87. The smallest absolute Gasteiger partial charge is 0.274 e. The van der Waals surface area contributed by atoms with Crippen molar-refractivity contribution in [3.05, 3.63) is 0 Å². The number of rotatable bonds is 7. The van der Waals surface area contributed by atoms with Crippen LogP contribution in [-0.2, 0) is 19.7 Å². The Hall–Kier alpha value is -0.700. The van der Waals surface area contributed by atoms with E-state index in [4.69, 9.17) is 9.88 Å². The summed E-state index contributed by atoms with van der Waals surface area (Å²) < 4.78 is 29.2. The van der Waals surface area contributed by atoms with Crippen LogP contribution in [0.4, 0.5) is 0 Å². The van der Waals surface area contributed by atoms with E-state index in [-0.39, 0.29) is 18.4 Å². The summed E-state index contributed by atoms with van der Waals surface area (Å²) in [5, 5.41) is 4.94. The lowest BCUT2D eigenvalue weighted by molar-refractivity contribution is -0.143. The van der Waals surface area contributed by atoms with Crippen molar-refractivity contribution in [1.29, 1.82) is 0 Å². The van der Waals surface area contributed by atoms with Gasteiger partial charge in [0.25, 0.3) is 10.2 Å². The van der Waals surface area contributed by atoms with E-state index in [2.05, 4.69) is 4.72 Å². The number of hydrogen-bond acceptors (Lipinski definition) is 4. The second-order valence-electron chi connectivity index (χ2n) is 6.28. The first kappa shape index (κ1) is 18.3. The molecule has 0 aromatic rings. The fourth-order valence-corrected chi connectivity index (χ4v) is 3.01. The van der Waals surface area contributed by atoms with Gasteiger partial charge in [-0.05, 0) is 25.2 Å². The summed E-state index contributed by atoms with van der Waals surface area (Å²) in [6, 6.07) is 0. The number of ether oxygens (including phenoxy) is 1. The summed E-state index contributed by atoms with van der Waals surface area (Å²) >= 11 is 0. The van der Waals surface area contributed by atoms with Crippen LogP contribution in [0.25, 0.3) is 0 Å². The van der Waals surface area contributed by atoms with Crippen molar-refractivity contribution in [1.82, 2.24) is 9.62 Å². The van der Waals surface area contributed by atoms with Gasteiger partial charge in [0.1, 0.15) is 0 Å². The van der Waals surface area contributed by atoms with Gasteiger partial charge in [-0.3, -0.25) is 4.79 Å². The van der Waals surface area contributed by atoms with Crippen LogP contribution in [-0.4, -0.2) is 52.6 Å². The largest absolute Gasteiger partial charge is 0.385 e. The Morgan fingerprint density at radius 1 is 1.48 bits per heavy atom. The maximum absolute atomic E-state index is 12.6. The third kappa shape index (κ3) is 6.29. The normalized spacial score (nSPS) is 20.6. The number of nitrogens with zero attached hydrogens (tertiary/aromatic N) is 1. The summed E-state index contributed by atoms with van der Waals surface area (Å²) in [5.74, 6) is 0.208. The van der Waals surface area contributed by atoms with Crippen molar-refractivity contribution in [3.63, 3.8) is 0 Å². The fraction of sp³-hybridized carbons (Fsp3) is 0.923. The second kappa shape index (κ2) is 7.53. The third-order valence-corrected chi connectivity index (χ3v) is 4.46. The van der Waals surface area contributed by atoms with Crippen LogP contribution < -0.4 is 9.86 Å². The quantitative estimate of drug-likeness (QED) is 0.693. The van der Waals surface area contributed by atoms with E-state index in [0.717, 1.165) is 19.4 Å². The van der Waals surface area contributed by atoms with E-state index in [1.807, 2.05) is 18.7 Å². The van der Waals surface area contributed by atoms with Gasteiger partial charge in [-0.15, -0.1) is 0 Å². The number of piperidine rings is 1. The molecule has 1 aliphatic rings. The Morgan fingerprint density at radius 2 is 2.14 bits per heavy atom. The number of amides is 1. The maximum atomic E-state index is 12.6. The molecule has 124 valence electrons. The van der Waals surface area contributed by atoms with E-state index in [0.29, 0.717) is 19.6 Å². The van der Waals surface area contributed by atoms with Crippen molar-refractivity contribution in [2.24, 2.45) is 16.5 Å². The Labute approximate surface area is 127 Å². The average molecular weight is 321 g/mol. The van der Waals surface area contributed by atoms with Crippen molar-refractivity contribution < 1.29 is 17.9 Å². The summed E-state index contributed by atoms with van der Waals surface area (Å²) in [6.45, 7) is 5.95. The van der Waals surface area contributed by atoms with E-state index >= 15 is 0 Å². The van der Waals surface area contributed by atoms with Gasteiger partial charge in [-0.25, -0.2) is 9.86 Å². The minimum Gasteiger partial charge on any atom is -0.385 e. The summed E-state index contributed by atoms with van der Waals surface area (Å²) in [4.78, 5) is 14.4. The number of methoxy groups -OCH3 is 1. The van der Waals surface area contributed by atoms with Crippen LogP contribution in [0.2, 0.25) is 0 Å². The predicted molar refractivity (Wildman–Crippen MR) is 80.7 cm³/mol. The van der Waals surface area contributed by atoms with Crippen LogP contribution in [0.5, 0.6) is 0 Å². The lowest BCUT2D eigenvalue weighted by atomic mass is 9.86. The van der Waals surface area contributed by atoms with E-state index in [1.165, 1.54) is 0 Å². The topological polar surface area (TPSA) is 102 Å². The molecule has 1 unspecified atom stereocenters. The number of hydrogen-bond donors (Lipinski definition) is 2. The zero-order valence-corrected chi connectivity index (χ0v) is 13.9. The van der Waals surface area contributed by atoms with Crippen LogP contribution in [0.3, 0.4) is 0 Å². The first-order valence-corrected chi connectivity index (χ1v) is 8.76. The molecule has 1 amide bonds. The highest BCUT2D eigenvalue weighted by Crippen LogP contribution is 2.26. The van der Waals surface area contributed by atoms with E-state index in [9.17, 15) is 13.2 Å². The molecular formula is C13H27N3O4S. The SMILES string of the molecule is COCCC(C)(C)C(=O)N1CCCC(CNS(N)(=O)=O)C1. The summed E-state index contributed by atoms with van der Waals surface area (Å²) in [7, 11) is -2.05. The molecule has 1 rings (SSSR count). The van der Waals surface area contributed by atoms with Gasteiger partial charge in [-0.1, -0.05) is 13.8 Å². The van der Waals surface area contributed by atoms with Gasteiger partial charge in [0.2, 0.25) is 5.91 Å². The standard InChI is InChI=1S/C13H27N3O4S/c1-13(2,6-8-20-3)12(17)16-7-4-5-11(10-16)9-15-21(14,18)19/h11,15H,4-10H2,1-3H3,(H2,14,18,19). The molecular weight excluding hydrogens is 294 g/mol. The molecule has 21 heavy (non-hydrogen) atoms. The molecule has 1 fully saturated rings. The van der Waals surface area contributed by atoms with Gasteiger partial charge >= 0.3 is 0 Å². The fourth-order valence-electron chi connectivity index (χ4n) is 2.54. The average Bonchev–Trinajstić information content (AvgIpc) is 2.41. The zero-order valence-electron chi connectivity index (χ0n) is 13.1. The first-order valence-electron chi connectivity index (χ1n) is 7.21. The maximum Gasteiger partial charge on any atom is 0.274 e. The van der Waals surface area contributed by atoms with Gasteiger partial charge < -0.3 is 9.64 Å². The highest BCUT2D eigenvalue weighted by Gasteiger charge is 2.34. The third-order valence-electron chi connectivity index (χ3n) is 3.89.